The third-order valence-electron chi connectivity index (χ3n) is 4.73. The molecule has 0 saturated carbocycles. The standard InChI is InChI=1S/C24H18Cl2N4O2S/c25-17-11-12-19(20(26)13-17)23(32)27-14-22-28-29-24(30(22)18-9-5-2-6-10-18)33-15-21(31)16-7-3-1-4-8-16/h1-13H,14-15H2,(H,27,32). The fourth-order valence-corrected chi connectivity index (χ4v) is 4.47. The molecule has 0 fully saturated rings. The van der Waals surface area contributed by atoms with Crippen molar-refractivity contribution >= 4 is 46.7 Å². The van der Waals surface area contributed by atoms with Gasteiger partial charge in [0.15, 0.2) is 16.8 Å². The lowest BCUT2D eigenvalue weighted by Gasteiger charge is -2.11. The molecule has 9 heteroatoms. The summed E-state index contributed by atoms with van der Waals surface area (Å²) in [6, 6.07) is 23.3. The van der Waals surface area contributed by atoms with E-state index in [1.54, 1.807) is 24.3 Å². The van der Waals surface area contributed by atoms with E-state index >= 15 is 0 Å². The molecule has 0 radical (unpaired) electrons. The van der Waals surface area contributed by atoms with Crippen molar-refractivity contribution in [3.63, 3.8) is 0 Å². The van der Waals surface area contributed by atoms with Crippen LogP contribution < -0.4 is 5.32 Å². The quantitative estimate of drug-likeness (QED) is 0.258. The number of carbonyl (C=O) groups is 2. The first kappa shape index (κ1) is 23.0. The van der Waals surface area contributed by atoms with E-state index in [2.05, 4.69) is 15.5 Å². The molecule has 3 aromatic carbocycles. The first-order chi connectivity index (χ1) is 16.0. The maximum atomic E-state index is 12.6. The number of thioether (sulfide) groups is 1. The largest absolute Gasteiger partial charge is 0.345 e. The molecule has 1 heterocycles. The summed E-state index contributed by atoms with van der Waals surface area (Å²) < 4.78 is 1.83. The zero-order chi connectivity index (χ0) is 23.2. The summed E-state index contributed by atoms with van der Waals surface area (Å²) in [5, 5.41) is 12.6. The Hall–Kier alpha value is -3.13. The van der Waals surface area contributed by atoms with Crippen LogP contribution in [0.3, 0.4) is 0 Å². The monoisotopic (exact) mass is 496 g/mol. The summed E-state index contributed by atoms with van der Waals surface area (Å²) in [7, 11) is 0. The third kappa shape index (κ3) is 5.63. The zero-order valence-electron chi connectivity index (χ0n) is 17.2. The van der Waals surface area contributed by atoms with Crippen LogP contribution in [0, 0.1) is 0 Å². The minimum Gasteiger partial charge on any atom is -0.345 e. The first-order valence-electron chi connectivity index (χ1n) is 9.97. The van der Waals surface area contributed by atoms with Crippen LogP contribution >= 0.6 is 35.0 Å². The zero-order valence-corrected chi connectivity index (χ0v) is 19.6. The highest BCUT2D eigenvalue weighted by atomic mass is 35.5. The van der Waals surface area contributed by atoms with E-state index in [-0.39, 0.29) is 29.0 Å². The molecule has 4 aromatic rings. The second kappa shape index (κ2) is 10.7. The summed E-state index contributed by atoms with van der Waals surface area (Å²) in [4.78, 5) is 25.2. The van der Waals surface area contributed by atoms with Gasteiger partial charge in [0.05, 0.1) is 22.9 Å². The van der Waals surface area contributed by atoms with Crippen molar-refractivity contribution in [1.82, 2.24) is 20.1 Å². The molecule has 1 aromatic heterocycles. The van der Waals surface area contributed by atoms with E-state index in [4.69, 9.17) is 23.2 Å². The number of para-hydroxylation sites is 1. The van der Waals surface area contributed by atoms with Crippen molar-refractivity contribution in [2.75, 3.05) is 5.75 Å². The van der Waals surface area contributed by atoms with Gasteiger partial charge in [-0.25, -0.2) is 0 Å². The van der Waals surface area contributed by atoms with Crippen molar-refractivity contribution in [2.45, 2.75) is 11.7 Å². The van der Waals surface area contributed by atoms with Crippen LogP contribution in [0.25, 0.3) is 5.69 Å². The lowest BCUT2D eigenvalue weighted by Crippen LogP contribution is -2.25. The topological polar surface area (TPSA) is 76.9 Å². The Morgan fingerprint density at radius 3 is 2.30 bits per heavy atom. The molecular formula is C24H18Cl2N4O2S. The van der Waals surface area contributed by atoms with Gasteiger partial charge < -0.3 is 5.32 Å². The van der Waals surface area contributed by atoms with E-state index < -0.39 is 0 Å². The maximum absolute atomic E-state index is 12.6. The van der Waals surface area contributed by atoms with Gasteiger partial charge in [-0.05, 0) is 30.3 Å². The highest BCUT2D eigenvalue weighted by Gasteiger charge is 2.18. The lowest BCUT2D eigenvalue weighted by atomic mass is 10.2. The second-order valence-electron chi connectivity index (χ2n) is 6.95. The van der Waals surface area contributed by atoms with Gasteiger partial charge in [0.25, 0.3) is 5.91 Å². The normalized spacial score (nSPS) is 10.7. The minimum absolute atomic E-state index is 0.00422. The van der Waals surface area contributed by atoms with Crippen LogP contribution in [0.1, 0.15) is 26.5 Å². The van der Waals surface area contributed by atoms with E-state index in [9.17, 15) is 9.59 Å². The predicted molar refractivity (Wildman–Crippen MR) is 130 cm³/mol. The van der Waals surface area contributed by atoms with Crippen LogP contribution in [-0.4, -0.2) is 32.2 Å². The van der Waals surface area contributed by atoms with Crippen molar-refractivity contribution in [3.05, 3.63) is 106 Å². The van der Waals surface area contributed by atoms with Gasteiger partial charge in [-0.2, -0.15) is 0 Å². The number of halogens is 2. The Balaban J connectivity index is 1.53. The first-order valence-corrected chi connectivity index (χ1v) is 11.7. The molecule has 0 aliphatic rings. The molecule has 33 heavy (non-hydrogen) atoms. The fourth-order valence-electron chi connectivity index (χ4n) is 3.11. The van der Waals surface area contributed by atoms with Gasteiger partial charge in [0.2, 0.25) is 0 Å². The second-order valence-corrected chi connectivity index (χ2v) is 8.74. The molecule has 1 N–H and O–H groups in total. The maximum Gasteiger partial charge on any atom is 0.253 e. The third-order valence-corrected chi connectivity index (χ3v) is 6.20. The molecule has 1 amide bonds. The van der Waals surface area contributed by atoms with Gasteiger partial charge >= 0.3 is 0 Å². The van der Waals surface area contributed by atoms with Crippen molar-refractivity contribution in [3.8, 4) is 5.69 Å². The number of benzene rings is 3. The minimum atomic E-state index is -0.354. The highest BCUT2D eigenvalue weighted by molar-refractivity contribution is 7.99. The van der Waals surface area contributed by atoms with Gasteiger partial charge in [-0.1, -0.05) is 83.5 Å². The number of amides is 1. The summed E-state index contributed by atoms with van der Waals surface area (Å²) >= 11 is 13.3. The number of hydrogen-bond donors (Lipinski definition) is 1. The Labute approximate surface area is 204 Å². The summed E-state index contributed by atoms with van der Waals surface area (Å²) in [5.41, 5.74) is 1.78. The Morgan fingerprint density at radius 2 is 1.61 bits per heavy atom. The van der Waals surface area contributed by atoms with Gasteiger partial charge in [0, 0.05) is 16.3 Å². The molecule has 0 unspecified atom stereocenters. The molecule has 0 atom stereocenters. The average Bonchev–Trinajstić information content (AvgIpc) is 3.25. The SMILES string of the molecule is O=C(CSc1nnc(CNC(=O)c2ccc(Cl)cc2Cl)n1-c1ccccc1)c1ccccc1. The van der Waals surface area contributed by atoms with Crippen molar-refractivity contribution < 1.29 is 9.59 Å². The van der Waals surface area contributed by atoms with E-state index in [1.165, 1.54) is 17.8 Å². The summed E-state index contributed by atoms with van der Waals surface area (Å²) in [6.45, 7) is 0.118. The molecular weight excluding hydrogens is 479 g/mol. The Bertz CT molecular complexity index is 1280. The summed E-state index contributed by atoms with van der Waals surface area (Å²) in [5.74, 6) is 0.374. The number of hydrogen-bond acceptors (Lipinski definition) is 5. The van der Waals surface area contributed by atoms with Crippen LogP contribution in [-0.2, 0) is 6.54 Å². The highest BCUT2D eigenvalue weighted by Crippen LogP contribution is 2.24. The molecule has 4 rings (SSSR count). The van der Waals surface area contributed by atoms with Crippen LogP contribution in [0.15, 0.2) is 84.0 Å². The van der Waals surface area contributed by atoms with Gasteiger partial charge in [-0.3, -0.25) is 14.2 Å². The Morgan fingerprint density at radius 1 is 0.909 bits per heavy atom. The number of aromatic nitrogens is 3. The van der Waals surface area contributed by atoms with E-state index in [0.717, 1.165) is 5.69 Å². The van der Waals surface area contributed by atoms with E-state index in [1.807, 2.05) is 53.1 Å². The number of ketones is 1. The lowest BCUT2D eigenvalue weighted by molar-refractivity contribution is 0.0949. The van der Waals surface area contributed by atoms with Crippen LogP contribution in [0.2, 0.25) is 10.0 Å². The average molecular weight is 497 g/mol. The predicted octanol–water partition coefficient (Wildman–Crippen LogP) is 5.48. The van der Waals surface area contributed by atoms with Crippen molar-refractivity contribution in [1.29, 1.82) is 0 Å². The van der Waals surface area contributed by atoms with Crippen LogP contribution in [0.4, 0.5) is 0 Å². The fraction of sp³-hybridized carbons (Fsp3) is 0.0833. The molecule has 0 aliphatic heterocycles. The molecule has 0 spiro atoms. The molecule has 0 bridgehead atoms. The number of Topliss-reactive ketones (excluding diaryl/α,β-unsaturated/α-hetero) is 1. The number of nitrogens with one attached hydrogen (secondary N) is 1. The van der Waals surface area contributed by atoms with Gasteiger partial charge in [0.1, 0.15) is 0 Å². The molecule has 6 nitrogen and oxygen atoms in total. The van der Waals surface area contributed by atoms with Crippen molar-refractivity contribution in [2.24, 2.45) is 0 Å². The van der Waals surface area contributed by atoms with Crippen LogP contribution in [0.5, 0.6) is 0 Å². The smallest absolute Gasteiger partial charge is 0.253 e. The number of carbonyl (C=O) groups excluding carboxylic acids is 2. The summed E-state index contributed by atoms with van der Waals surface area (Å²) in [6.07, 6.45) is 0. The Kier molecular flexibility index (Phi) is 7.44. The number of rotatable bonds is 8. The molecule has 0 saturated heterocycles. The van der Waals surface area contributed by atoms with E-state index in [0.29, 0.717) is 27.1 Å². The van der Waals surface area contributed by atoms with Gasteiger partial charge in [-0.15, -0.1) is 10.2 Å². The molecule has 166 valence electrons. The molecule has 0 aliphatic carbocycles. The number of nitrogens with zero attached hydrogens (tertiary/aromatic N) is 3.